The Balaban J connectivity index is 2.18. The van der Waals surface area contributed by atoms with Gasteiger partial charge in [-0.15, -0.1) is 0 Å². The Bertz CT molecular complexity index is 470. The van der Waals surface area contributed by atoms with Gasteiger partial charge in [-0.1, -0.05) is 19.3 Å². The third-order valence-corrected chi connectivity index (χ3v) is 3.56. The van der Waals surface area contributed by atoms with Gasteiger partial charge in [0.1, 0.15) is 11.4 Å². The van der Waals surface area contributed by atoms with Crippen molar-refractivity contribution < 1.29 is 9.53 Å². The molecule has 1 aromatic heterocycles. The number of hydrogen-bond acceptors (Lipinski definition) is 4. The molecule has 1 heterocycles. The molecule has 4 N–H and O–H groups in total. The quantitative estimate of drug-likeness (QED) is 0.776. The Morgan fingerprint density at radius 3 is 2.55 bits per heavy atom. The number of carbonyl (C=O) groups is 1. The van der Waals surface area contributed by atoms with E-state index in [1.807, 2.05) is 20.8 Å². The van der Waals surface area contributed by atoms with Crippen molar-refractivity contribution in [1.82, 2.24) is 15.5 Å². The average Bonchev–Trinajstić information content (AvgIpc) is 2.75. The van der Waals surface area contributed by atoms with E-state index in [2.05, 4.69) is 15.5 Å². The normalized spacial score (nSPS) is 18.6. The smallest absolute Gasteiger partial charge is 0.408 e. The van der Waals surface area contributed by atoms with E-state index in [1.165, 1.54) is 6.42 Å². The summed E-state index contributed by atoms with van der Waals surface area (Å²) in [4.78, 5) is 12.1. The molecular formula is C14H24N4O2. The summed E-state index contributed by atoms with van der Waals surface area (Å²) in [6.45, 7) is 5.57. The summed E-state index contributed by atoms with van der Waals surface area (Å²) in [5.41, 5.74) is 5.61. The Kier molecular flexibility index (Phi) is 3.92. The van der Waals surface area contributed by atoms with Crippen LogP contribution < -0.4 is 11.1 Å². The van der Waals surface area contributed by atoms with Gasteiger partial charge in [-0.05, 0) is 33.6 Å². The summed E-state index contributed by atoms with van der Waals surface area (Å²) in [6, 6.07) is 1.79. The highest BCUT2D eigenvalue weighted by molar-refractivity contribution is 5.69. The molecule has 6 nitrogen and oxygen atoms in total. The molecule has 1 amide bonds. The van der Waals surface area contributed by atoms with E-state index >= 15 is 0 Å². The van der Waals surface area contributed by atoms with Gasteiger partial charge < -0.3 is 15.8 Å². The van der Waals surface area contributed by atoms with Gasteiger partial charge >= 0.3 is 6.09 Å². The Morgan fingerprint density at radius 2 is 2.05 bits per heavy atom. The molecule has 1 saturated carbocycles. The summed E-state index contributed by atoms with van der Waals surface area (Å²) in [7, 11) is 0. The van der Waals surface area contributed by atoms with Gasteiger partial charge in [-0.2, -0.15) is 5.10 Å². The second kappa shape index (κ2) is 5.34. The lowest BCUT2D eigenvalue weighted by Gasteiger charge is -2.37. The van der Waals surface area contributed by atoms with E-state index in [0.29, 0.717) is 5.82 Å². The third kappa shape index (κ3) is 3.43. The van der Waals surface area contributed by atoms with Gasteiger partial charge in [0, 0.05) is 6.07 Å². The van der Waals surface area contributed by atoms with Gasteiger partial charge in [0.05, 0.1) is 11.2 Å². The molecule has 0 atom stereocenters. The maximum absolute atomic E-state index is 12.1. The molecule has 1 aromatic rings. The highest BCUT2D eigenvalue weighted by atomic mass is 16.6. The minimum Gasteiger partial charge on any atom is -0.444 e. The number of rotatable bonds is 2. The maximum atomic E-state index is 12.1. The van der Waals surface area contributed by atoms with E-state index in [1.54, 1.807) is 6.07 Å². The van der Waals surface area contributed by atoms with Crippen LogP contribution in [0.2, 0.25) is 0 Å². The number of nitrogen functional groups attached to an aromatic ring is 1. The van der Waals surface area contributed by atoms with Crippen LogP contribution in [0.5, 0.6) is 0 Å². The number of aromatic amines is 1. The number of amides is 1. The summed E-state index contributed by atoms with van der Waals surface area (Å²) in [5, 5.41) is 9.95. The maximum Gasteiger partial charge on any atom is 0.408 e. The Hall–Kier alpha value is -1.72. The molecule has 1 fully saturated rings. The molecule has 0 spiro atoms. The zero-order chi connectivity index (χ0) is 14.8. The SMILES string of the molecule is CC(C)(C)OC(=O)NC1(c2cc(N)n[nH]2)CCCCC1. The Morgan fingerprint density at radius 1 is 1.40 bits per heavy atom. The fourth-order valence-corrected chi connectivity index (χ4v) is 2.70. The monoisotopic (exact) mass is 280 g/mol. The lowest BCUT2D eigenvalue weighted by Crippen LogP contribution is -2.49. The number of ether oxygens (including phenoxy) is 1. The van der Waals surface area contributed by atoms with Crippen LogP contribution in [-0.4, -0.2) is 21.9 Å². The summed E-state index contributed by atoms with van der Waals surface area (Å²) >= 11 is 0. The number of aromatic nitrogens is 2. The zero-order valence-corrected chi connectivity index (χ0v) is 12.5. The molecule has 20 heavy (non-hydrogen) atoms. The number of nitrogens with two attached hydrogens (primary N) is 1. The molecule has 0 bridgehead atoms. The first-order valence-electron chi connectivity index (χ1n) is 7.13. The average molecular weight is 280 g/mol. The standard InChI is InChI=1S/C14H24N4O2/c1-13(2,3)20-12(19)16-14(7-5-4-6-8-14)10-9-11(15)18-17-10/h9H,4-8H2,1-3H3,(H,16,19)(H3,15,17,18). The second-order valence-corrected chi connectivity index (χ2v) is 6.48. The molecule has 1 aliphatic carbocycles. The van der Waals surface area contributed by atoms with Gasteiger partial charge in [-0.3, -0.25) is 5.10 Å². The van der Waals surface area contributed by atoms with E-state index in [0.717, 1.165) is 31.4 Å². The molecule has 2 rings (SSSR count). The molecule has 0 unspecified atom stereocenters. The number of nitrogens with one attached hydrogen (secondary N) is 2. The van der Waals surface area contributed by atoms with Crippen molar-refractivity contribution in [3.63, 3.8) is 0 Å². The van der Waals surface area contributed by atoms with E-state index in [4.69, 9.17) is 10.5 Å². The fraction of sp³-hybridized carbons (Fsp3) is 0.714. The lowest BCUT2D eigenvalue weighted by molar-refractivity contribution is 0.0416. The third-order valence-electron chi connectivity index (χ3n) is 3.56. The first-order valence-corrected chi connectivity index (χ1v) is 7.13. The summed E-state index contributed by atoms with van der Waals surface area (Å²) < 4.78 is 5.38. The fourth-order valence-electron chi connectivity index (χ4n) is 2.70. The molecule has 0 radical (unpaired) electrons. The number of H-pyrrole nitrogens is 1. The van der Waals surface area contributed by atoms with Crippen LogP contribution in [-0.2, 0) is 10.3 Å². The van der Waals surface area contributed by atoms with Gasteiger partial charge in [-0.25, -0.2) is 4.79 Å². The largest absolute Gasteiger partial charge is 0.444 e. The summed E-state index contributed by atoms with van der Waals surface area (Å²) in [6.07, 6.45) is 4.65. The predicted octanol–water partition coefficient (Wildman–Crippen LogP) is 2.68. The number of hydrogen-bond donors (Lipinski definition) is 3. The van der Waals surface area contributed by atoms with Crippen LogP contribution in [0.25, 0.3) is 0 Å². The number of alkyl carbamates (subject to hydrolysis) is 1. The van der Waals surface area contributed by atoms with E-state index < -0.39 is 17.2 Å². The van der Waals surface area contributed by atoms with Crippen LogP contribution in [0.15, 0.2) is 6.07 Å². The lowest BCUT2D eigenvalue weighted by atomic mass is 9.79. The summed E-state index contributed by atoms with van der Waals surface area (Å²) in [5.74, 6) is 0.441. The van der Waals surface area contributed by atoms with Gasteiger partial charge in [0.25, 0.3) is 0 Å². The highest BCUT2D eigenvalue weighted by Gasteiger charge is 2.38. The molecule has 6 heteroatoms. The first kappa shape index (κ1) is 14.7. The number of anilines is 1. The molecule has 0 aromatic carbocycles. The molecule has 0 aliphatic heterocycles. The van der Waals surface area contributed by atoms with Crippen molar-refractivity contribution in [2.75, 3.05) is 5.73 Å². The predicted molar refractivity (Wildman–Crippen MR) is 77.1 cm³/mol. The molecule has 112 valence electrons. The number of nitrogens with zero attached hydrogens (tertiary/aromatic N) is 1. The molecular weight excluding hydrogens is 256 g/mol. The molecule has 1 aliphatic rings. The van der Waals surface area contributed by atoms with Gasteiger partial charge in [0.15, 0.2) is 0 Å². The Labute approximate surface area is 119 Å². The second-order valence-electron chi connectivity index (χ2n) is 6.48. The van der Waals surface area contributed by atoms with Crippen molar-refractivity contribution in [3.8, 4) is 0 Å². The van der Waals surface area contributed by atoms with Crippen molar-refractivity contribution in [1.29, 1.82) is 0 Å². The van der Waals surface area contributed by atoms with Crippen molar-refractivity contribution in [2.24, 2.45) is 0 Å². The van der Waals surface area contributed by atoms with Crippen molar-refractivity contribution >= 4 is 11.9 Å². The van der Waals surface area contributed by atoms with E-state index in [9.17, 15) is 4.79 Å². The van der Waals surface area contributed by atoms with Crippen molar-refractivity contribution in [3.05, 3.63) is 11.8 Å². The van der Waals surface area contributed by atoms with Crippen LogP contribution in [0.4, 0.5) is 10.6 Å². The van der Waals surface area contributed by atoms with Gasteiger partial charge in [0.2, 0.25) is 0 Å². The first-order chi connectivity index (χ1) is 9.31. The van der Waals surface area contributed by atoms with Crippen LogP contribution >= 0.6 is 0 Å². The van der Waals surface area contributed by atoms with E-state index in [-0.39, 0.29) is 0 Å². The van der Waals surface area contributed by atoms with Crippen LogP contribution in [0.3, 0.4) is 0 Å². The molecule has 0 saturated heterocycles. The minimum absolute atomic E-state index is 0.396. The van der Waals surface area contributed by atoms with Crippen LogP contribution in [0.1, 0.15) is 58.6 Å². The highest BCUT2D eigenvalue weighted by Crippen LogP contribution is 2.37. The van der Waals surface area contributed by atoms with Crippen LogP contribution in [0, 0.1) is 0 Å². The zero-order valence-electron chi connectivity index (χ0n) is 12.5. The van der Waals surface area contributed by atoms with Crippen molar-refractivity contribution in [2.45, 2.75) is 64.0 Å². The minimum atomic E-state index is -0.507. The number of carbonyl (C=O) groups excluding carboxylic acids is 1. The topological polar surface area (TPSA) is 93.0 Å².